The number of piperidine rings is 1. The van der Waals surface area contributed by atoms with E-state index in [4.69, 9.17) is 5.73 Å². The molecule has 1 saturated heterocycles. The predicted molar refractivity (Wildman–Crippen MR) is 98.4 cm³/mol. The fourth-order valence-corrected chi connectivity index (χ4v) is 3.42. The number of nitrogens with zero attached hydrogens (tertiary/aromatic N) is 3. The van der Waals surface area contributed by atoms with Crippen molar-refractivity contribution in [2.24, 2.45) is 11.7 Å². The SMILES string of the molecule is NC(=O)C1CCN(C(=O)c2ccc3nc(-c4ccccc4)cn3c2)CC1. The summed E-state index contributed by atoms with van der Waals surface area (Å²) in [5.74, 6) is -0.418. The molecule has 1 fully saturated rings. The van der Waals surface area contributed by atoms with Gasteiger partial charge in [0.1, 0.15) is 5.65 Å². The molecular formula is C20H20N4O2. The van der Waals surface area contributed by atoms with Crippen LogP contribution in [0.4, 0.5) is 0 Å². The first kappa shape index (κ1) is 16.3. The summed E-state index contributed by atoms with van der Waals surface area (Å²) in [6.07, 6.45) is 5.01. The highest BCUT2D eigenvalue weighted by Gasteiger charge is 2.26. The molecule has 0 aliphatic carbocycles. The molecule has 0 spiro atoms. The van der Waals surface area contributed by atoms with Crippen molar-refractivity contribution < 1.29 is 9.59 Å². The smallest absolute Gasteiger partial charge is 0.255 e. The second-order valence-electron chi connectivity index (χ2n) is 6.64. The Morgan fingerprint density at radius 1 is 1.00 bits per heavy atom. The maximum Gasteiger partial charge on any atom is 0.255 e. The van der Waals surface area contributed by atoms with Crippen LogP contribution in [-0.2, 0) is 4.79 Å². The maximum atomic E-state index is 12.8. The summed E-state index contributed by atoms with van der Waals surface area (Å²) >= 11 is 0. The van der Waals surface area contributed by atoms with Gasteiger partial charge in [-0.15, -0.1) is 0 Å². The van der Waals surface area contributed by atoms with Crippen molar-refractivity contribution in [1.82, 2.24) is 14.3 Å². The number of carbonyl (C=O) groups is 2. The number of benzene rings is 1. The van der Waals surface area contributed by atoms with E-state index in [0.29, 0.717) is 31.5 Å². The fourth-order valence-electron chi connectivity index (χ4n) is 3.42. The number of hydrogen-bond donors (Lipinski definition) is 1. The number of carbonyl (C=O) groups excluding carboxylic acids is 2. The summed E-state index contributed by atoms with van der Waals surface area (Å²) in [5, 5.41) is 0. The van der Waals surface area contributed by atoms with Crippen molar-refractivity contribution in [2.45, 2.75) is 12.8 Å². The molecule has 0 unspecified atom stereocenters. The number of rotatable bonds is 3. The molecule has 1 aromatic carbocycles. The number of fused-ring (bicyclic) bond motifs is 1. The highest BCUT2D eigenvalue weighted by molar-refractivity contribution is 5.94. The number of pyridine rings is 1. The fraction of sp³-hybridized carbons (Fsp3) is 0.250. The number of primary amides is 1. The number of nitrogens with two attached hydrogens (primary N) is 1. The van der Waals surface area contributed by atoms with Gasteiger partial charge in [0.2, 0.25) is 5.91 Å². The Kier molecular flexibility index (Phi) is 4.16. The van der Waals surface area contributed by atoms with E-state index in [1.54, 1.807) is 11.0 Å². The van der Waals surface area contributed by atoms with E-state index in [-0.39, 0.29) is 17.7 Å². The molecule has 0 atom stereocenters. The van der Waals surface area contributed by atoms with Crippen molar-refractivity contribution in [2.75, 3.05) is 13.1 Å². The molecule has 1 aliphatic rings. The number of amides is 2. The summed E-state index contributed by atoms with van der Waals surface area (Å²) in [5.41, 5.74) is 8.69. The Labute approximate surface area is 151 Å². The average Bonchev–Trinajstić information content (AvgIpc) is 3.11. The molecule has 1 aliphatic heterocycles. The molecule has 3 aromatic rings. The van der Waals surface area contributed by atoms with Gasteiger partial charge < -0.3 is 15.0 Å². The monoisotopic (exact) mass is 348 g/mol. The van der Waals surface area contributed by atoms with Crippen molar-refractivity contribution in [3.05, 3.63) is 60.4 Å². The van der Waals surface area contributed by atoms with Crippen molar-refractivity contribution in [3.63, 3.8) is 0 Å². The zero-order valence-corrected chi connectivity index (χ0v) is 14.3. The lowest BCUT2D eigenvalue weighted by atomic mass is 9.96. The van der Waals surface area contributed by atoms with Crippen LogP contribution in [0.5, 0.6) is 0 Å². The van der Waals surface area contributed by atoms with Gasteiger partial charge in [-0.25, -0.2) is 4.98 Å². The number of likely N-dealkylation sites (tertiary alicyclic amines) is 1. The molecule has 6 heteroatoms. The van der Waals surface area contributed by atoms with Crippen LogP contribution >= 0.6 is 0 Å². The maximum absolute atomic E-state index is 12.8. The Balaban J connectivity index is 1.56. The van der Waals surface area contributed by atoms with Gasteiger partial charge in [0, 0.05) is 37.0 Å². The molecule has 0 saturated carbocycles. The first-order chi connectivity index (χ1) is 12.6. The third-order valence-corrected chi connectivity index (χ3v) is 4.95. The highest BCUT2D eigenvalue weighted by Crippen LogP contribution is 2.21. The van der Waals surface area contributed by atoms with Gasteiger partial charge in [-0.05, 0) is 25.0 Å². The molecule has 2 N–H and O–H groups in total. The molecule has 4 rings (SSSR count). The summed E-state index contributed by atoms with van der Waals surface area (Å²) in [6.45, 7) is 1.12. The van der Waals surface area contributed by atoms with Crippen LogP contribution in [0.2, 0.25) is 0 Å². The predicted octanol–water partition coefficient (Wildman–Crippen LogP) is 2.34. The topological polar surface area (TPSA) is 80.7 Å². The second-order valence-corrected chi connectivity index (χ2v) is 6.64. The number of hydrogen-bond acceptors (Lipinski definition) is 3. The Morgan fingerprint density at radius 3 is 2.42 bits per heavy atom. The first-order valence-corrected chi connectivity index (χ1v) is 8.74. The van der Waals surface area contributed by atoms with Crippen LogP contribution in [0.15, 0.2) is 54.9 Å². The minimum absolute atomic E-state index is 0.0234. The van der Waals surface area contributed by atoms with Crippen LogP contribution in [0.25, 0.3) is 16.9 Å². The van der Waals surface area contributed by atoms with Gasteiger partial charge in [-0.3, -0.25) is 9.59 Å². The third-order valence-electron chi connectivity index (χ3n) is 4.95. The van der Waals surface area contributed by atoms with E-state index in [2.05, 4.69) is 4.98 Å². The Bertz CT molecular complexity index is 956. The van der Waals surface area contributed by atoms with Gasteiger partial charge in [0.15, 0.2) is 0 Å². The van der Waals surface area contributed by atoms with Gasteiger partial charge in [0.05, 0.1) is 11.3 Å². The van der Waals surface area contributed by atoms with Crippen LogP contribution in [0.1, 0.15) is 23.2 Å². The number of aromatic nitrogens is 2. The zero-order valence-electron chi connectivity index (χ0n) is 14.3. The van der Waals surface area contributed by atoms with E-state index >= 15 is 0 Å². The second kappa shape index (κ2) is 6.63. The first-order valence-electron chi connectivity index (χ1n) is 8.74. The molecule has 2 amide bonds. The van der Waals surface area contributed by atoms with Crippen molar-refractivity contribution >= 4 is 17.5 Å². The normalized spacial score (nSPS) is 15.3. The lowest BCUT2D eigenvalue weighted by molar-refractivity contribution is -0.123. The molecule has 6 nitrogen and oxygen atoms in total. The van der Waals surface area contributed by atoms with Crippen LogP contribution < -0.4 is 5.73 Å². The van der Waals surface area contributed by atoms with Gasteiger partial charge >= 0.3 is 0 Å². The molecule has 26 heavy (non-hydrogen) atoms. The Hall–Kier alpha value is -3.15. The highest BCUT2D eigenvalue weighted by atomic mass is 16.2. The van der Waals surface area contributed by atoms with E-state index in [9.17, 15) is 9.59 Å². The molecule has 0 bridgehead atoms. The lowest BCUT2D eigenvalue weighted by Crippen LogP contribution is -2.41. The van der Waals surface area contributed by atoms with E-state index < -0.39 is 0 Å². The summed E-state index contributed by atoms with van der Waals surface area (Å²) in [4.78, 5) is 30.4. The average molecular weight is 348 g/mol. The lowest BCUT2D eigenvalue weighted by Gasteiger charge is -2.30. The summed E-state index contributed by atoms with van der Waals surface area (Å²) in [6, 6.07) is 13.6. The van der Waals surface area contributed by atoms with Gasteiger partial charge in [-0.2, -0.15) is 0 Å². The van der Waals surface area contributed by atoms with E-state index in [1.165, 1.54) is 0 Å². The molecule has 3 heterocycles. The molecule has 2 aromatic heterocycles. The van der Waals surface area contributed by atoms with E-state index in [0.717, 1.165) is 16.9 Å². The Morgan fingerprint density at radius 2 is 1.73 bits per heavy atom. The summed E-state index contributed by atoms with van der Waals surface area (Å²) in [7, 11) is 0. The largest absolute Gasteiger partial charge is 0.369 e. The molecule has 0 radical (unpaired) electrons. The van der Waals surface area contributed by atoms with Crippen LogP contribution in [0, 0.1) is 5.92 Å². The third kappa shape index (κ3) is 3.06. The minimum atomic E-state index is -0.273. The number of imidazole rings is 1. The van der Waals surface area contributed by atoms with Crippen molar-refractivity contribution in [3.8, 4) is 11.3 Å². The zero-order chi connectivity index (χ0) is 18.1. The van der Waals surface area contributed by atoms with Gasteiger partial charge in [-0.1, -0.05) is 30.3 Å². The van der Waals surface area contributed by atoms with E-state index in [1.807, 2.05) is 53.2 Å². The van der Waals surface area contributed by atoms with Crippen LogP contribution in [-0.4, -0.2) is 39.2 Å². The molecule has 132 valence electrons. The molecular weight excluding hydrogens is 328 g/mol. The standard InChI is InChI=1S/C20H20N4O2/c21-19(25)15-8-10-23(11-9-15)20(26)16-6-7-18-22-17(13-24(18)12-16)14-4-2-1-3-5-14/h1-7,12-13,15H,8-11H2,(H2,21,25). The quantitative estimate of drug-likeness (QED) is 0.789. The van der Waals surface area contributed by atoms with Crippen molar-refractivity contribution in [1.29, 1.82) is 0 Å². The van der Waals surface area contributed by atoms with Gasteiger partial charge in [0.25, 0.3) is 5.91 Å². The van der Waals surface area contributed by atoms with Crippen LogP contribution in [0.3, 0.4) is 0 Å². The minimum Gasteiger partial charge on any atom is -0.369 e. The summed E-state index contributed by atoms with van der Waals surface area (Å²) < 4.78 is 1.88.